The van der Waals surface area contributed by atoms with Gasteiger partial charge in [0.25, 0.3) is 0 Å². The Morgan fingerprint density at radius 3 is 2.49 bits per heavy atom. The molecule has 4 aliphatic rings. The van der Waals surface area contributed by atoms with Crippen LogP contribution in [0.3, 0.4) is 0 Å². The van der Waals surface area contributed by atoms with Crippen LogP contribution in [-0.2, 0) is 10.5 Å². The zero-order valence-corrected chi connectivity index (χ0v) is 25.0. The van der Waals surface area contributed by atoms with Crippen LogP contribution in [0.25, 0.3) is 0 Å². The molecule has 0 spiro atoms. The van der Waals surface area contributed by atoms with E-state index in [9.17, 15) is 4.79 Å². The molecule has 4 fully saturated rings. The number of carbonyl (C=O) groups is 1. The predicted molar refractivity (Wildman–Crippen MR) is 159 cm³/mol. The van der Waals surface area contributed by atoms with Gasteiger partial charge in [0, 0.05) is 5.75 Å². The molecule has 37 heavy (non-hydrogen) atoms. The molecule has 0 aliphatic heterocycles. The van der Waals surface area contributed by atoms with Gasteiger partial charge in [0.2, 0.25) is 6.41 Å². The van der Waals surface area contributed by atoms with Crippen molar-refractivity contribution in [3.05, 3.63) is 35.9 Å². The molecule has 0 saturated heterocycles. The summed E-state index contributed by atoms with van der Waals surface area (Å²) in [7, 11) is 2.11. The quantitative estimate of drug-likeness (QED) is 0.193. The highest BCUT2D eigenvalue weighted by Crippen LogP contribution is 2.69. The first kappa shape index (κ1) is 29.0. The monoisotopic (exact) mass is 526 g/mol. The Bertz CT molecular complexity index is 833. The first-order valence-electron chi connectivity index (χ1n) is 15.5. The van der Waals surface area contributed by atoms with Gasteiger partial charge in [0.1, 0.15) is 0 Å². The molecule has 4 heteroatoms. The molecule has 0 aromatic heterocycles. The molecule has 4 saturated carbocycles. The fourth-order valence-electron chi connectivity index (χ4n) is 9.86. The third-order valence-corrected chi connectivity index (χ3v) is 12.4. The lowest BCUT2D eigenvalue weighted by molar-refractivity contribution is -0.135. The molecular weight excluding hydrogens is 472 g/mol. The van der Waals surface area contributed by atoms with E-state index in [1.807, 2.05) is 30.3 Å². The van der Waals surface area contributed by atoms with Crippen molar-refractivity contribution in [3.63, 3.8) is 0 Å². The van der Waals surface area contributed by atoms with Crippen molar-refractivity contribution in [3.8, 4) is 0 Å². The fraction of sp³-hybridized carbons (Fsp3) is 0.788. The zero-order valence-electron chi connectivity index (χ0n) is 24.1. The van der Waals surface area contributed by atoms with Gasteiger partial charge in [-0.2, -0.15) is 0 Å². The van der Waals surface area contributed by atoms with Crippen molar-refractivity contribution in [2.45, 2.75) is 104 Å². The van der Waals surface area contributed by atoms with Crippen LogP contribution >= 0.6 is 11.9 Å². The van der Waals surface area contributed by atoms with E-state index >= 15 is 0 Å². The van der Waals surface area contributed by atoms with Crippen molar-refractivity contribution < 1.29 is 4.79 Å². The van der Waals surface area contributed by atoms with Crippen molar-refractivity contribution in [2.75, 3.05) is 13.6 Å². The summed E-state index contributed by atoms with van der Waals surface area (Å²) in [6.45, 7) is 9.18. The molecular formula is C33H54N2OS. The smallest absolute Gasteiger partial charge is 0.216 e. The Labute approximate surface area is 232 Å². The van der Waals surface area contributed by atoms with Gasteiger partial charge < -0.3 is 10.0 Å². The number of hydrogen-bond acceptors (Lipinski definition) is 3. The van der Waals surface area contributed by atoms with Gasteiger partial charge in [0.05, 0.1) is 0 Å². The molecule has 0 bridgehead atoms. The van der Waals surface area contributed by atoms with E-state index in [-0.39, 0.29) is 0 Å². The maximum Gasteiger partial charge on any atom is 0.216 e. The summed E-state index contributed by atoms with van der Waals surface area (Å²) < 4.78 is 2.53. The summed E-state index contributed by atoms with van der Waals surface area (Å²) in [6, 6.07) is 9.99. The lowest BCUT2D eigenvalue weighted by Gasteiger charge is -2.62. The van der Waals surface area contributed by atoms with Crippen LogP contribution in [0.4, 0.5) is 0 Å². The van der Waals surface area contributed by atoms with Gasteiger partial charge in [0.15, 0.2) is 0 Å². The van der Waals surface area contributed by atoms with E-state index in [4.69, 9.17) is 0 Å². The van der Waals surface area contributed by atoms with Crippen LogP contribution in [0.2, 0.25) is 0 Å². The van der Waals surface area contributed by atoms with E-state index in [1.165, 1.54) is 62.6 Å². The number of carbonyl (C=O) groups excluding carboxylic acids is 1. The third-order valence-electron chi connectivity index (χ3n) is 11.7. The Balaban J connectivity index is 0.000000245. The van der Waals surface area contributed by atoms with Crippen LogP contribution in [0, 0.1) is 46.3 Å². The maximum atomic E-state index is 9.86. The molecule has 8 atom stereocenters. The first-order valence-corrected chi connectivity index (χ1v) is 16.5. The van der Waals surface area contributed by atoms with E-state index in [2.05, 4.69) is 37.9 Å². The van der Waals surface area contributed by atoms with Crippen molar-refractivity contribution in [1.29, 1.82) is 0 Å². The Morgan fingerprint density at radius 2 is 1.76 bits per heavy atom. The second-order valence-electron chi connectivity index (χ2n) is 13.2. The second kappa shape index (κ2) is 13.4. The first-order chi connectivity index (χ1) is 18.0. The van der Waals surface area contributed by atoms with Gasteiger partial charge >= 0.3 is 0 Å². The Hall–Kier alpha value is -1.00. The average molecular weight is 527 g/mol. The van der Waals surface area contributed by atoms with Gasteiger partial charge in [-0.15, -0.1) is 0 Å². The van der Waals surface area contributed by atoms with Crippen molar-refractivity contribution >= 4 is 18.4 Å². The average Bonchev–Trinajstić information content (AvgIpc) is 3.25. The summed E-state index contributed by atoms with van der Waals surface area (Å²) >= 11 is 1.39. The Morgan fingerprint density at radius 1 is 0.973 bits per heavy atom. The molecule has 1 amide bonds. The molecule has 208 valence electrons. The number of fused-ring (bicyclic) bond motifs is 5. The number of nitrogens with one attached hydrogen (secondary N) is 2. The summed E-state index contributed by atoms with van der Waals surface area (Å²) in [5.41, 5.74) is 2.57. The highest BCUT2D eigenvalue weighted by atomic mass is 32.2. The van der Waals surface area contributed by atoms with E-state index in [0.717, 1.165) is 41.3 Å². The molecule has 4 aliphatic carbocycles. The SMILES string of the molecule is CC[C@H]1CC2C3CCC(CCCNC)C3(C)CC[C@@H]2C2(C)CCCCC12.O=CNSCc1ccccc1. The predicted octanol–water partition coefficient (Wildman–Crippen LogP) is 8.25. The fourth-order valence-corrected chi connectivity index (χ4v) is 10.4. The van der Waals surface area contributed by atoms with Crippen LogP contribution in [-0.4, -0.2) is 20.0 Å². The van der Waals surface area contributed by atoms with Crippen LogP contribution < -0.4 is 10.0 Å². The molecule has 1 aromatic rings. The van der Waals surface area contributed by atoms with Crippen LogP contribution in [0.15, 0.2) is 30.3 Å². The van der Waals surface area contributed by atoms with E-state index < -0.39 is 0 Å². The minimum absolute atomic E-state index is 0.672. The lowest BCUT2D eigenvalue weighted by Crippen LogP contribution is -2.55. The minimum atomic E-state index is 0.672. The third kappa shape index (κ3) is 6.26. The maximum absolute atomic E-state index is 9.86. The zero-order chi connectivity index (χ0) is 26.3. The summed E-state index contributed by atoms with van der Waals surface area (Å²) in [6.07, 6.45) is 18.9. The second-order valence-corrected chi connectivity index (χ2v) is 14.0. The van der Waals surface area contributed by atoms with Crippen LogP contribution in [0.1, 0.15) is 103 Å². The van der Waals surface area contributed by atoms with Gasteiger partial charge in [-0.05, 0) is 135 Å². The van der Waals surface area contributed by atoms with Gasteiger partial charge in [-0.3, -0.25) is 4.79 Å². The molecule has 0 radical (unpaired) electrons. The number of benzene rings is 1. The van der Waals surface area contributed by atoms with E-state index in [0.29, 0.717) is 17.2 Å². The number of amides is 1. The Kier molecular flexibility index (Phi) is 10.5. The summed E-state index contributed by atoms with van der Waals surface area (Å²) in [5.74, 6) is 7.09. The highest BCUT2D eigenvalue weighted by molar-refractivity contribution is 7.97. The van der Waals surface area contributed by atoms with Crippen molar-refractivity contribution in [1.82, 2.24) is 10.0 Å². The molecule has 5 rings (SSSR count). The van der Waals surface area contributed by atoms with Gasteiger partial charge in [-0.1, -0.05) is 70.4 Å². The summed E-state index contributed by atoms with van der Waals surface area (Å²) in [4.78, 5) is 9.86. The molecule has 0 heterocycles. The largest absolute Gasteiger partial charge is 0.320 e. The molecule has 1 aromatic carbocycles. The number of hydrogen-bond donors (Lipinski definition) is 2. The van der Waals surface area contributed by atoms with E-state index in [1.54, 1.807) is 38.5 Å². The topological polar surface area (TPSA) is 41.1 Å². The normalized spacial score (nSPS) is 38.4. The lowest BCUT2D eigenvalue weighted by atomic mass is 9.42. The molecule has 3 nitrogen and oxygen atoms in total. The highest BCUT2D eigenvalue weighted by Gasteiger charge is 2.60. The minimum Gasteiger partial charge on any atom is -0.320 e. The van der Waals surface area contributed by atoms with Crippen LogP contribution in [0.5, 0.6) is 0 Å². The standard InChI is InChI=1S/C25H45N.C8H9NOS/c1-5-18-17-20-22-12-11-19(9-8-16-26-4)24(22,2)15-13-23(20)25(3)14-7-6-10-21(18)25;10-7-9-11-6-8-4-2-1-3-5-8/h18-23,26H,5-17H2,1-4H3;1-5,7H,6H2,(H,9,10)/t18-,19?,20?,21?,22?,23-,24?,25?;/m0./s1. The summed E-state index contributed by atoms with van der Waals surface area (Å²) in [5, 5.41) is 3.37. The molecule has 6 unspecified atom stereocenters. The molecule has 2 N–H and O–H groups in total. The van der Waals surface area contributed by atoms with Gasteiger partial charge in [-0.25, -0.2) is 0 Å². The van der Waals surface area contributed by atoms with Crippen molar-refractivity contribution in [2.24, 2.45) is 46.3 Å². The number of rotatable bonds is 9.